The molecule has 1 heterocycles. The van der Waals surface area contributed by atoms with Crippen molar-refractivity contribution in [3.05, 3.63) is 36.0 Å². The molecule has 1 aromatic heterocycles. The fourth-order valence-corrected chi connectivity index (χ4v) is 2.04. The average molecular weight is 330 g/mol. The van der Waals surface area contributed by atoms with Gasteiger partial charge in [0.05, 0.1) is 12.3 Å². The number of nitrogens with two attached hydrogens (primary N) is 1. The van der Waals surface area contributed by atoms with Gasteiger partial charge in [0.1, 0.15) is 18.1 Å². The Balaban J connectivity index is 2.15. The molecule has 0 aliphatic rings. The quantitative estimate of drug-likeness (QED) is 0.779. The number of aromatic nitrogens is 2. The SMILES string of the molecule is CCOCCOc1ccc(-c2cc(C(=O)N(C)C)nc(N)n2)cc1. The van der Waals surface area contributed by atoms with E-state index in [1.807, 2.05) is 31.2 Å². The number of ether oxygens (including phenoxy) is 2. The van der Waals surface area contributed by atoms with Gasteiger partial charge in [-0.05, 0) is 37.3 Å². The third-order valence-electron chi connectivity index (χ3n) is 3.22. The lowest BCUT2D eigenvalue weighted by Gasteiger charge is -2.11. The zero-order chi connectivity index (χ0) is 17.5. The van der Waals surface area contributed by atoms with E-state index in [0.717, 1.165) is 11.3 Å². The lowest BCUT2D eigenvalue weighted by atomic mass is 10.1. The summed E-state index contributed by atoms with van der Waals surface area (Å²) in [4.78, 5) is 21.7. The first-order valence-corrected chi connectivity index (χ1v) is 7.68. The first-order chi connectivity index (χ1) is 11.5. The summed E-state index contributed by atoms with van der Waals surface area (Å²) in [6, 6.07) is 9.03. The molecule has 0 aliphatic carbocycles. The van der Waals surface area contributed by atoms with Gasteiger partial charge in [-0.3, -0.25) is 4.79 Å². The van der Waals surface area contributed by atoms with Gasteiger partial charge >= 0.3 is 0 Å². The van der Waals surface area contributed by atoms with E-state index in [0.29, 0.717) is 25.5 Å². The predicted octanol–water partition coefficient (Wildman–Crippen LogP) is 1.84. The smallest absolute Gasteiger partial charge is 0.272 e. The van der Waals surface area contributed by atoms with Crippen LogP contribution in [0.1, 0.15) is 17.4 Å². The molecular formula is C17H22N4O3. The summed E-state index contributed by atoms with van der Waals surface area (Å²) in [7, 11) is 3.32. The maximum Gasteiger partial charge on any atom is 0.272 e. The normalized spacial score (nSPS) is 10.5. The standard InChI is InChI=1S/C17H22N4O3/c1-4-23-9-10-24-13-7-5-12(6-8-13)14-11-15(16(22)21(2)3)20-17(18)19-14/h5-8,11H,4,9-10H2,1-3H3,(H2,18,19,20). The zero-order valence-electron chi connectivity index (χ0n) is 14.2. The topological polar surface area (TPSA) is 90.6 Å². The van der Waals surface area contributed by atoms with E-state index in [4.69, 9.17) is 15.2 Å². The minimum Gasteiger partial charge on any atom is -0.491 e. The molecule has 0 atom stereocenters. The number of benzene rings is 1. The van der Waals surface area contributed by atoms with Crippen molar-refractivity contribution >= 4 is 11.9 Å². The Labute approximate surface area is 141 Å². The van der Waals surface area contributed by atoms with Crippen molar-refractivity contribution in [2.45, 2.75) is 6.92 Å². The van der Waals surface area contributed by atoms with E-state index >= 15 is 0 Å². The molecular weight excluding hydrogens is 308 g/mol. The summed E-state index contributed by atoms with van der Waals surface area (Å²) in [6.07, 6.45) is 0. The van der Waals surface area contributed by atoms with E-state index in [1.54, 1.807) is 20.2 Å². The number of anilines is 1. The minimum atomic E-state index is -0.221. The maximum atomic E-state index is 12.1. The zero-order valence-corrected chi connectivity index (χ0v) is 14.2. The number of rotatable bonds is 7. The van der Waals surface area contributed by atoms with Crippen LogP contribution in [0.4, 0.5) is 5.95 Å². The Bertz CT molecular complexity index is 687. The van der Waals surface area contributed by atoms with Crippen molar-refractivity contribution in [3.8, 4) is 17.0 Å². The number of amides is 1. The Kier molecular flexibility index (Phi) is 6.08. The minimum absolute atomic E-state index is 0.0646. The third kappa shape index (κ3) is 4.66. The number of carbonyl (C=O) groups excluding carboxylic acids is 1. The van der Waals surface area contributed by atoms with E-state index in [9.17, 15) is 4.79 Å². The molecule has 0 aliphatic heterocycles. The molecule has 2 aromatic rings. The summed E-state index contributed by atoms with van der Waals surface area (Å²) < 4.78 is 10.8. The molecule has 24 heavy (non-hydrogen) atoms. The van der Waals surface area contributed by atoms with Crippen LogP contribution in [-0.2, 0) is 4.74 Å². The lowest BCUT2D eigenvalue weighted by Crippen LogP contribution is -2.23. The van der Waals surface area contributed by atoms with Crippen LogP contribution >= 0.6 is 0 Å². The molecule has 7 nitrogen and oxygen atoms in total. The predicted molar refractivity (Wildman–Crippen MR) is 91.9 cm³/mol. The first-order valence-electron chi connectivity index (χ1n) is 7.68. The maximum absolute atomic E-state index is 12.1. The van der Waals surface area contributed by atoms with Crippen LogP contribution in [0.15, 0.2) is 30.3 Å². The molecule has 0 unspecified atom stereocenters. The van der Waals surface area contributed by atoms with Gasteiger partial charge in [-0.2, -0.15) is 0 Å². The molecule has 0 spiro atoms. The molecule has 0 radical (unpaired) electrons. The Morgan fingerprint density at radius 3 is 2.50 bits per heavy atom. The Morgan fingerprint density at radius 2 is 1.88 bits per heavy atom. The first kappa shape index (κ1) is 17.7. The molecule has 0 fully saturated rings. The number of nitrogen functional groups attached to an aromatic ring is 1. The van der Waals surface area contributed by atoms with Gasteiger partial charge in [0, 0.05) is 26.3 Å². The average Bonchev–Trinajstić information content (AvgIpc) is 2.58. The molecule has 128 valence electrons. The van der Waals surface area contributed by atoms with Crippen molar-refractivity contribution in [2.75, 3.05) is 39.6 Å². The van der Waals surface area contributed by atoms with Crippen molar-refractivity contribution in [1.82, 2.24) is 14.9 Å². The molecule has 2 N–H and O–H groups in total. The second-order valence-corrected chi connectivity index (χ2v) is 5.27. The highest BCUT2D eigenvalue weighted by atomic mass is 16.5. The third-order valence-corrected chi connectivity index (χ3v) is 3.22. The van der Waals surface area contributed by atoms with Crippen LogP contribution in [0.2, 0.25) is 0 Å². The Hall–Kier alpha value is -2.67. The summed E-state index contributed by atoms with van der Waals surface area (Å²) in [5.74, 6) is 0.584. The molecule has 2 rings (SSSR count). The van der Waals surface area contributed by atoms with Gasteiger partial charge in [-0.25, -0.2) is 9.97 Å². The van der Waals surface area contributed by atoms with Crippen LogP contribution < -0.4 is 10.5 Å². The molecule has 0 bridgehead atoms. The number of hydrogen-bond donors (Lipinski definition) is 1. The summed E-state index contributed by atoms with van der Waals surface area (Å²) >= 11 is 0. The second kappa shape index (κ2) is 8.26. The molecule has 1 aromatic carbocycles. The molecule has 0 saturated heterocycles. The fourth-order valence-electron chi connectivity index (χ4n) is 2.04. The number of nitrogens with zero attached hydrogens (tertiary/aromatic N) is 3. The summed E-state index contributed by atoms with van der Waals surface area (Å²) in [5.41, 5.74) is 7.41. The van der Waals surface area contributed by atoms with Crippen LogP contribution in [0.3, 0.4) is 0 Å². The fraction of sp³-hybridized carbons (Fsp3) is 0.353. The van der Waals surface area contributed by atoms with E-state index < -0.39 is 0 Å². The van der Waals surface area contributed by atoms with Gasteiger partial charge in [-0.15, -0.1) is 0 Å². The molecule has 1 amide bonds. The Morgan fingerprint density at radius 1 is 1.17 bits per heavy atom. The van der Waals surface area contributed by atoms with E-state index in [1.165, 1.54) is 4.90 Å². The van der Waals surface area contributed by atoms with Crippen LogP contribution in [0, 0.1) is 0 Å². The van der Waals surface area contributed by atoms with Gasteiger partial charge < -0.3 is 20.1 Å². The summed E-state index contributed by atoms with van der Waals surface area (Å²) in [6.45, 7) is 3.66. The van der Waals surface area contributed by atoms with Crippen LogP contribution in [0.25, 0.3) is 11.3 Å². The highest BCUT2D eigenvalue weighted by Gasteiger charge is 2.13. The highest BCUT2D eigenvalue weighted by Crippen LogP contribution is 2.22. The molecule has 0 saturated carbocycles. The van der Waals surface area contributed by atoms with Crippen molar-refractivity contribution in [1.29, 1.82) is 0 Å². The van der Waals surface area contributed by atoms with Crippen molar-refractivity contribution in [2.24, 2.45) is 0 Å². The van der Waals surface area contributed by atoms with Crippen LogP contribution in [-0.4, -0.2) is 54.7 Å². The van der Waals surface area contributed by atoms with Crippen molar-refractivity contribution < 1.29 is 14.3 Å². The van der Waals surface area contributed by atoms with Crippen LogP contribution in [0.5, 0.6) is 5.75 Å². The van der Waals surface area contributed by atoms with Gasteiger partial charge in [0.15, 0.2) is 0 Å². The van der Waals surface area contributed by atoms with Gasteiger partial charge in [-0.1, -0.05) is 0 Å². The van der Waals surface area contributed by atoms with E-state index in [-0.39, 0.29) is 17.5 Å². The van der Waals surface area contributed by atoms with Gasteiger partial charge in [0.2, 0.25) is 5.95 Å². The second-order valence-electron chi connectivity index (χ2n) is 5.27. The molecule has 7 heteroatoms. The van der Waals surface area contributed by atoms with Gasteiger partial charge in [0.25, 0.3) is 5.91 Å². The largest absolute Gasteiger partial charge is 0.491 e. The lowest BCUT2D eigenvalue weighted by molar-refractivity contribution is 0.0822. The van der Waals surface area contributed by atoms with Crippen molar-refractivity contribution in [3.63, 3.8) is 0 Å². The van der Waals surface area contributed by atoms with E-state index in [2.05, 4.69) is 9.97 Å². The number of hydrogen-bond acceptors (Lipinski definition) is 6. The number of carbonyl (C=O) groups is 1. The summed E-state index contributed by atoms with van der Waals surface area (Å²) in [5, 5.41) is 0. The monoisotopic (exact) mass is 330 g/mol. The highest BCUT2D eigenvalue weighted by molar-refractivity contribution is 5.93.